The van der Waals surface area contributed by atoms with Crippen molar-refractivity contribution in [2.45, 2.75) is 19.9 Å². The van der Waals surface area contributed by atoms with Crippen LogP contribution in [0.3, 0.4) is 0 Å². The summed E-state index contributed by atoms with van der Waals surface area (Å²) in [6.45, 7) is 7.02. The molecule has 0 aliphatic carbocycles. The Morgan fingerprint density at radius 2 is 2.13 bits per heavy atom. The van der Waals surface area contributed by atoms with E-state index in [4.69, 9.17) is 21.3 Å². The van der Waals surface area contributed by atoms with Gasteiger partial charge in [-0.1, -0.05) is 22.9 Å². The minimum atomic E-state index is -0.0553. The molecule has 0 spiro atoms. The van der Waals surface area contributed by atoms with E-state index >= 15 is 0 Å². The Morgan fingerprint density at radius 3 is 2.87 bits per heavy atom. The maximum Gasteiger partial charge on any atom is 0.250 e. The van der Waals surface area contributed by atoms with Gasteiger partial charge in [-0.25, -0.2) is 14.6 Å². The van der Waals surface area contributed by atoms with Crippen LogP contribution in [-0.4, -0.2) is 69.9 Å². The highest BCUT2D eigenvalue weighted by Crippen LogP contribution is 2.33. The largest absolute Gasteiger partial charge is 0.379 e. The number of amides is 1. The molecule has 2 aromatic heterocycles. The summed E-state index contributed by atoms with van der Waals surface area (Å²) >= 11 is 7.76. The van der Waals surface area contributed by atoms with E-state index in [-0.39, 0.29) is 24.9 Å². The Hall–Kier alpha value is -1.78. The number of aryl methyl sites for hydroxylation is 1. The van der Waals surface area contributed by atoms with Crippen LogP contribution in [0.25, 0.3) is 10.2 Å². The fourth-order valence-electron chi connectivity index (χ4n) is 3.35. The Balaban J connectivity index is 0.00000256. The molecule has 11 heteroatoms. The van der Waals surface area contributed by atoms with Gasteiger partial charge in [0.1, 0.15) is 19.2 Å². The van der Waals surface area contributed by atoms with Crippen molar-refractivity contribution in [1.82, 2.24) is 24.6 Å². The van der Waals surface area contributed by atoms with Crippen LogP contribution in [0.5, 0.6) is 0 Å². The molecule has 1 aliphatic heterocycles. The molecule has 30 heavy (non-hydrogen) atoms. The fraction of sp³-hybridized carbons (Fsp3) is 0.474. The first kappa shape index (κ1) is 22.9. The van der Waals surface area contributed by atoms with E-state index in [0.717, 1.165) is 55.0 Å². The van der Waals surface area contributed by atoms with Gasteiger partial charge in [-0.05, 0) is 31.0 Å². The first-order valence-electron chi connectivity index (χ1n) is 9.60. The van der Waals surface area contributed by atoms with Gasteiger partial charge in [0.2, 0.25) is 0 Å². The molecular weight excluding hydrogens is 447 g/mol. The predicted octanol–water partition coefficient (Wildman–Crippen LogP) is 3.03. The summed E-state index contributed by atoms with van der Waals surface area (Å²) in [6.07, 6.45) is 3.84. The van der Waals surface area contributed by atoms with Crippen LogP contribution >= 0.6 is 35.3 Å². The van der Waals surface area contributed by atoms with E-state index in [2.05, 4.69) is 15.0 Å². The van der Waals surface area contributed by atoms with Crippen LogP contribution in [0.2, 0.25) is 5.02 Å². The maximum absolute atomic E-state index is 13.1. The molecular formula is C19H24Cl2N6O2S. The summed E-state index contributed by atoms with van der Waals surface area (Å²) in [5.74, 6) is -0.0553. The number of fused-ring (bicyclic) bond motifs is 1. The lowest BCUT2D eigenvalue weighted by Crippen LogP contribution is -2.40. The standard InChI is InChI=1S/C19H23ClN6O2S.ClH/c1-14-15(20)3-4-16-18(14)23-19(29-16)26(17(27)11-25-13-21-12-22-25)6-2-5-24-7-9-28-10-8-24;/h3-4,12-13H,2,5-11H2,1H3;1H. The van der Waals surface area contributed by atoms with E-state index < -0.39 is 0 Å². The molecule has 4 rings (SSSR count). The van der Waals surface area contributed by atoms with Gasteiger partial charge >= 0.3 is 0 Å². The van der Waals surface area contributed by atoms with Crippen LogP contribution in [0.1, 0.15) is 12.0 Å². The Kier molecular flexibility index (Phi) is 8.01. The van der Waals surface area contributed by atoms with Crippen molar-refractivity contribution in [1.29, 1.82) is 0 Å². The Bertz CT molecular complexity index is 975. The number of aromatic nitrogens is 4. The SMILES string of the molecule is Cc1c(Cl)ccc2sc(N(CCCN3CCOCC3)C(=O)Cn3cncn3)nc12.Cl. The first-order chi connectivity index (χ1) is 14.1. The minimum absolute atomic E-state index is 0. The molecule has 3 heterocycles. The van der Waals surface area contributed by atoms with Gasteiger partial charge in [-0.3, -0.25) is 14.6 Å². The number of thiazole rings is 1. The number of anilines is 1. The van der Waals surface area contributed by atoms with Crippen molar-refractivity contribution < 1.29 is 9.53 Å². The van der Waals surface area contributed by atoms with Crippen LogP contribution in [0, 0.1) is 6.92 Å². The molecule has 1 fully saturated rings. The lowest BCUT2D eigenvalue weighted by molar-refractivity contribution is -0.119. The van der Waals surface area contributed by atoms with Crippen LogP contribution in [0.4, 0.5) is 5.13 Å². The zero-order valence-corrected chi connectivity index (χ0v) is 19.0. The second kappa shape index (κ2) is 10.5. The van der Waals surface area contributed by atoms with E-state index in [0.29, 0.717) is 16.7 Å². The molecule has 3 aromatic rings. The molecule has 0 atom stereocenters. The zero-order valence-electron chi connectivity index (χ0n) is 16.7. The van der Waals surface area contributed by atoms with Crippen LogP contribution in [-0.2, 0) is 16.1 Å². The number of nitrogens with zero attached hydrogens (tertiary/aromatic N) is 6. The topological polar surface area (TPSA) is 76.4 Å². The Morgan fingerprint density at radius 1 is 1.33 bits per heavy atom. The summed E-state index contributed by atoms with van der Waals surface area (Å²) in [7, 11) is 0. The quantitative estimate of drug-likeness (QED) is 0.528. The summed E-state index contributed by atoms with van der Waals surface area (Å²) < 4.78 is 7.96. The van der Waals surface area contributed by atoms with Crippen molar-refractivity contribution >= 4 is 56.6 Å². The van der Waals surface area contributed by atoms with Crippen LogP contribution in [0.15, 0.2) is 24.8 Å². The highest BCUT2D eigenvalue weighted by Gasteiger charge is 2.22. The van der Waals surface area contributed by atoms with Gasteiger partial charge in [-0.2, -0.15) is 5.10 Å². The molecule has 8 nitrogen and oxygen atoms in total. The van der Waals surface area contributed by atoms with Crippen molar-refractivity contribution in [3.05, 3.63) is 35.4 Å². The van der Waals surface area contributed by atoms with Gasteiger partial charge < -0.3 is 4.74 Å². The lowest BCUT2D eigenvalue weighted by Gasteiger charge is -2.27. The first-order valence-corrected chi connectivity index (χ1v) is 10.8. The van der Waals surface area contributed by atoms with E-state index in [9.17, 15) is 4.79 Å². The number of halogens is 2. The molecule has 0 N–H and O–H groups in total. The molecule has 0 saturated carbocycles. The van der Waals surface area contributed by atoms with E-state index in [1.54, 1.807) is 11.2 Å². The van der Waals surface area contributed by atoms with Gasteiger partial charge in [0.25, 0.3) is 5.91 Å². The molecule has 1 aliphatic rings. The summed E-state index contributed by atoms with van der Waals surface area (Å²) in [5.41, 5.74) is 1.79. The second-order valence-corrected chi connectivity index (χ2v) is 8.38. The Labute approximate surface area is 190 Å². The van der Waals surface area contributed by atoms with Gasteiger partial charge in [0, 0.05) is 31.2 Å². The number of benzene rings is 1. The van der Waals surface area contributed by atoms with Gasteiger partial charge in [0.05, 0.1) is 23.4 Å². The minimum Gasteiger partial charge on any atom is -0.379 e. The van der Waals surface area contributed by atoms with E-state index in [1.807, 2.05) is 19.1 Å². The molecule has 1 saturated heterocycles. The molecule has 1 aromatic carbocycles. The third kappa shape index (κ3) is 5.28. The molecule has 1 amide bonds. The average molecular weight is 471 g/mol. The maximum atomic E-state index is 13.1. The number of rotatable bonds is 7. The lowest BCUT2D eigenvalue weighted by atomic mass is 10.2. The number of carbonyl (C=O) groups is 1. The van der Waals surface area contributed by atoms with Crippen molar-refractivity contribution in [2.24, 2.45) is 0 Å². The fourth-order valence-corrected chi connectivity index (χ4v) is 4.57. The third-order valence-corrected chi connectivity index (χ3v) is 6.45. The number of hydrogen-bond acceptors (Lipinski definition) is 7. The highest BCUT2D eigenvalue weighted by molar-refractivity contribution is 7.22. The molecule has 0 radical (unpaired) electrons. The van der Waals surface area contributed by atoms with E-state index in [1.165, 1.54) is 22.3 Å². The zero-order chi connectivity index (χ0) is 20.2. The highest BCUT2D eigenvalue weighted by atomic mass is 35.5. The van der Waals surface area contributed by atoms with Gasteiger partial charge in [-0.15, -0.1) is 12.4 Å². The van der Waals surface area contributed by atoms with Crippen molar-refractivity contribution in [3.63, 3.8) is 0 Å². The third-order valence-electron chi connectivity index (χ3n) is 4.99. The molecule has 162 valence electrons. The van der Waals surface area contributed by atoms with Crippen LogP contribution < -0.4 is 4.90 Å². The normalized spacial score (nSPS) is 14.6. The van der Waals surface area contributed by atoms with Crippen molar-refractivity contribution in [2.75, 3.05) is 44.3 Å². The average Bonchev–Trinajstić information content (AvgIpc) is 3.39. The summed E-state index contributed by atoms with van der Waals surface area (Å²) in [6, 6.07) is 3.83. The summed E-state index contributed by atoms with van der Waals surface area (Å²) in [4.78, 5) is 25.9. The number of carbonyl (C=O) groups excluding carboxylic acids is 1. The predicted molar refractivity (Wildman–Crippen MR) is 121 cm³/mol. The number of ether oxygens (including phenoxy) is 1. The summed E-state index contributed by atoms with van der Waals surface area (Å²) in [5, 5.41) is 5.43. The molecule has 0 unspecified atom stereocenters. The molecule has 0 bridgehead atoms. The number of hydrogen-bond donors (Lipinski definition) is 0. The number of morpholine rings is 1. The van der Waals surface area contributed by atoms with Crippen molar-refractivity contribution in [3.8, 4) is 0 Å². The smallest absolute Gasteiger partial charge is 0.250 e. The van der Waals surface area contributed by atoms with Gasteiger partial charge in [0.15, 0.2) is 5.13 Å². The monoisotopic (exact) mass is 470 g/mol. The second-order valence-electron chi connectivity index (χ2n) is 6.96.